The van der Waals surface area contributed by atoms with E-state index in [0.29, 0.717) is 10.8 Å². The third-order valence-corrected chi connectivity index (χ3v) is 8.33. The van der Waals surface area contributed by atoms with Crippen molar-refractivity contribution in [1.82, 2.24) is 0 Å². The molecular formula is C26H54. The highest BCUT2D eigenvalue weighted by Crippen LogP contribution is 2.69. The molecule has 26 heavy (non-hydrogen) atoms. The largest absolute Gasteiger partial charge is 0.0683 e. The van der Waals surface area contributed by atoms with E-state index in [-0.39, 0.29) is 0 Å². The molecule has 0 aromatic rings. The lowest BCUT2D eigenvalue weighted by Gasteiger charge is -2.50. The Kier molecular flexibility index (Phi) is 11.1. The molecule has 3 fully saturated rings. The molecule has 7 atom stereocenters. The number of rotatable bonds is 2. The average Bonchev–Trinajstić information content (AvgIpc) is 3.10. The molecular weight excluding hydrogens is 312 g/mol. The second kappa shape index (κ2) is 11.1. The van der Waals surface area contributed by atoms with Crippen LogP contribution in [0.3, 0.4) is 0 Å². The SMILES string of the molecule is CC.CC.CC.CC(C)CC1(C)C(C)CCC2C1CC1(C)C(C)CCC21. The first-order valence-corrected chi connectivity index (χ1v) is 12.3. The summed E-state index contributed by atoms with van der Waals surface area (Å²) in [7, 11) is 0. The summed E-state index contributed by atoms with van der Waals surface area (Å²) in [5.41, 5.74) is 1.29. The highest BCUT2D eigenvalue weighted by Gasteiger charge is 2.61. The van der Waals surface area contributed by atoms with E-state index in [4.69, 9.17) is 0 Å². The van der Waals surface area contributed by atoms with Crippen LogP contribution in [-0.4, -0.2) is 0 Å². The maximum Gasteiger partial charge on any atom is -0.0266 e. The molecule has 3 rings (SSSR count). The van der Waals surface area contributed by atoms with Crippen LogP contribution in [0, 0.1) is 46.3 Å². The molecule has 0 saturated heterocycles. The smallest absolute Gasteiger partial charge is 0.0266 e. The van der Waals surface area contributed by atoms with E-state index in [1.807, 2.05) is 41.5 Å². The summed E-state index contributed by atoms with van der Waals surface area (Å²) in [4.78, 5) is 0. The van der Waals surface area contributed by atoms with E-state index >= 15 is 0 Å². The summed E-state index contributed by atoms with van der Waals surface area (Å²) < 4.78 is 0. The van der Waals surface area contributed by atoms with Crippen molar-refractivity contribution in [3.05, 3.63) is 0 Å². The van der Waals surface area contributed by atoms with E-state index in [9.17, 15) is 0 Å². The minimum absolute atomic E-state index is 0.615. The Balaban J connectivity index is 0.000000948. The van der Waals surface area contributed by atoms with E-state index in [0.717, 1.165) is 35.5 Å². The van der Waals surface area contributed by atoms with Gasteiger partial charge in [0, 0.05) is 0 Å². The Hall–Kier alpha value is 0. The summed E-state index contributed by atoms with van der Waals surface area (Å²) in [6, 6.07) is 0. The van der Waals surface area contributed by atoms with Crippen molar-refractivity contribution in [2.24, 2.45) is 46.3 Å². The maximum absolute atomic E-state index is 2.66. The zero-order chi connectivity index (χ0) is 20.7. The highest BCUT2D eigenvalue weighted by atomic mass is 14.7. The summed E-state index contributed by atoms with van der Waals surface area (Å²) in [5, 5.41) is 0. The molecule has 0 bridgehead atoms. The van der Waals surface area contributed by atoms with Crippen LogP contribution < -0.4 is 0 Å². The van der Waals surface area contributed by atoms with Crippen LogP contribution in [0.15, 0.2) is 0 Å². The summed E-state index contributed by atoms with van der Waals surface area (Å²) in [5.74, 6) is 5.89. The molecule has 0 aromatic carbocycles. The number of hydrogen-bond acceptors (Lipinski definition) is 0. The Bertz CT molecular complexity index is 370. The van der Waals surface area contributed by atoms with Crippen LogP contribution in [-0.2, 0) is 0 Å². The second-order valence-corrected chi connectivity index (χ2v) is 9.65. The molecule has 0 N–H and O–H groups in total. The second-order valence-electron chi connectivity index (χ2n) is 9.65. The molecule has 0 radical (unpaired) electrons. The number of fused-ring (bicyclic) bond motifs is 3. The molecule has 0 spiro atoms. The first-order chi connectivity index (χ1) is 12.3. The molecule has 0 heteroatoms. The van der Waals surface area contributed by atoms with Gasteiger partial charge in [0.05, 0.1) is 0 Å². The van der Waals surface area contributed by atoms with Crippen molar-refractivity contribution in [3.63, 3.8) is 0 Å². The van der Waals surface area contributed by atoms with Gasteiger partial charge in [-0.05, 0) is 84.9 Å². The first-order valence-electron chi connectivity index (χ1n) is 12.3. The average molecular weight is 367 g/mol. The van der Waals surface area contributed by atoms with Gasteiger partial charge in [-0.15, -0.1) is 0 Å². The molecule has 158 valence electrons. The van der Waals surface area contributed by atoms with Crippen LogP contribution in [0.25, 0.3) is 0 Å². The molecule has 0 heterocycles. The quantitative estimate of drug-likeness (QED) is 0.456. The Morgan fingerprint density at radius 1 is 0.731 bits per heavy atom. The normalized spacial score (nSPS) is 43.0. The van der Waals surface area contributed by atoms with Crippen molar-refractivity contribution >= 4 is 0 Å². The lowest BCUT2D eigenvalue weighted by molar-refractivity contribution is -0.00807. The third-order valence-electron chi connectivity index (χ3n) is 8.33. The summed E-state index contributed by atoms with van der Waals surface area (Å²) in [6.45, 7) is 27.3. The summed E-state index contributed by atoms with van der Waals surface area (Å²) in [6.07, 6.45) is 9.05. The van der Waals surface area contributed by atoms with Gasteiger partial charge in [-0.2, -0.15) is 0 Å². The standard InChI is InChI=1S/C20H36.3C2H6/c1-13(2)11-19(5)14(3)7-9-16-17-10-8-15(4)20(17,6)12-18(16)19;3*1-2/h13-18H,7-12H2,1-6H3;3*1-2H3. The highest BCUT2D eigenvalue weighted by molar-refractivity contribution is 5.10. The van der Waals surface area contributed by atoms with Crippen LogP contribution in [0.5, 0.6) is 0 Å². The zero-order valence-electron chi connectivity index (χ0n) is 20.7. The fourth-order valence-corrected chi connectivity index (χ4v) is 6.91. The van der Waals surface area contributed by atoms with Crippen molar-refractivity contribution in [3.8, 4) is 0 Å². The van der Waals surface area contributed by atoms with Crippen molar-refractivity contribution in [2.45, 2.75) is 122 Å². The Morgan fingerprint density at radius 2 is 1.23 bits per heavy atom. The Morgan fingerprint density at radius 3 is 1.73 bits per heavy atom. The van der Waals surface area contributed by atoms with Gasteiger partial charge in [-0.1, -0.05) is 83.1 Å². The predicted molar refractivity (Wildman–Crippen MR) is 122 cm³/mol. The molecule has 7 unspecified atom stereocenters. The first kappa shape index (κ1) is 26.0. The third kappa shape index (κ3) is 4.70. The van der Waals surface area contributed by atoms with Gasteiger partial charge in [0.15, 0.2) is 0 Å². The maximum atomic E-state index is 2.66. The van der Waals surface area contributed by atoms with Crippen molar-refractivity contribution < 1.29 is 0 Å². The van der Waals surface area contributed by atoms with Crippen molar-refractivity contribution in [2.75, 3.05) is 0 Å². The molecule has 0 nitrogen and oxygen atoms in total. The van der Waals surface area contributed by atoms with E-state index < -0.39 is 0 Å². The molecule has 3 aliphatic carbocycles. The van der Waals surface area contributed by atoms with Crippen LogP contribution in [0.4, 0.5) is 0 Å². The molecule has 3 aliphatic rings. The minimum Gasteiger partial charge on any atom is -0.0683 e. The summed E-state index contributed by atoms with van der Waals surface area (Å²) >= 11 is 0. The van der Waals surface area contributed by atoms with Gasteiger partial charge >= 0.3 is 0 Å². The lowest BCUT2D eigenvalue weighted by Crippen LogP contribution is -2.42. The minimum atomic E-state index is 0.615. The van der Waals surface area contributed by atoms with Gasteiger partial charge in [-0.25, -0.2) is 0 Å². The molecule has 0 aromatic heterocycles. The molecule has 0 amide bonds. The topological polar surface area (TPSA) is 0 Å². The van der Waals surface area contributed by atoms with E-state index in [1.54, 1.807) is 0 Å². The van der Waals surface area contributed by atoms with Crippen LogP contribution in [0.2, 0.25) is 0 Å². The van der Waals surface area contributed by atoms with Crippen LogP contribution >= 0.6 is 0 Å². The van der Waals surface area contributed by atoms with Gasteiger partial charge < -0.3 is 0 Å². The fraction of sp³-hybridized carbons (Fsp3) is 1.00. The zero-order valence-corrected chi connectivity index (χ0v) is 20.7. The fourth-order valence-electron chi connectivity index (χ4n) is 6.91. The van der Waals surface area contributed by atoms with Gasteiger partial charge in [0.25, 0.3) is 0 Å². The predicted octanol–water partition coefficient (Wildman–Crippen LogP) is 9.24. The number of hydrogen-bond donors (Lipinski definition) is 0. The lowest BCUT2D eigenvalue weighted by atomic mass is 9.55. The van der Waals surface area contributed by atoms with Gasteiger partial charge in [-0.3, -0.25) is 0 Å². The van der Waals surface area contributed by atoms with Gasteiger partial charge in [0.1, 0.15) is 0 Å². The monoisotopic (exact) mass is 366 g/mol. The van der Waals surface area contributed by atoms with Gasteiger partial charge in [0.2, 0.25) is 0 Å². The molecule has 3 saturated carbocycles. The molecule has 0 aliphatic heterocycles. The van der Waals surface area contributed by atoms with Crippen molar-refractivity contribution in [1.29, 1.82) is 0 Å². The van der Waals surface area contributed by atoms with Crippen LogP contribution in [0.1, 0.15) is 122 Å². The van der Waals surface area contributed by atoms with E-state index in [1.165, 1.54) is 38.5 Å². The Labute approximate surface area is 168 Å². The van der Waals surface area contributed by atoms with E-state index in [2.05, 4.69) is 41.5 Å².